The van der Waals surface area contributed by atoms with Crippen molar-refractivity contribution < 1.29 is 0 Å². The quantitative estimate of drug-likeness (QED) is 0.815. The summed E-state index contributed by atoms with van der Waals surface area (Å²) >= 11 is 6.01. The zero-order valence-electron chi connectivity index (χ0n) is 9.33. The molecule has 1 saturated carbocycles. The van der Waals surface area contributed by atoms with E-state index in [9.17, 15) is 0 Å². The molecule has 0 aliphatic heterocycles. The minimum absolute atomic E-state index is 0.255. The summed E-state index contributed by atoms with van der Waals surface area (Å²) < 4.78 is 0. The van der Waals surface area contributed by atoms with Crippen LogP contribution in [-0.4, -0.2) is 6.04 Å². The highest BCUT2D eigenvalue weighted by Crippen LogP contribution is 2.54. The molecule has 2 N–H and O–H groups in total. The van der Waals surface area contributed by atoms with Gasteiger partial charge >= 0.3 is 0 Å². The van der Waals surface area contributed by atoms with Crippen LogP contribution in [0.25, 0.3) is 0 Å². The molecule has 3 atom stereocenters. The summed E-state index contributed by atoms with van der Waals surface area (Å²) in [6, 6.07) is 8.53. The molecular formula is C13H18ClN. The van der Waals surface area contributed by atoms with Crippen LogP contribution in [0.3, 0.4) is 0 Å². The summed E-state index contributed by atoms with van der Waals surface area (Å²) in [5.74, 6) is 0.580. The van der Waals surface area contributed by atoms with Crippen molar-refractivity contribution in [2.45, 2.75) is 38.6 Å². The lowest BCUT2D eigenvalue weighted by Crippen LogP contribution is -2.54. The van der Waals surface area contributed by atoms with Crippen molar-refractivity contribution in [2.24, 2.45) is 11.1 Å². The molecule has 82 valence electrons. The molecular weight excluding hydrogens is 206 g/mol. The van der Waals surface area contributed by atoms with Gasteiger partial charge in [0, 0.05) is 11.1 Å². The van der Waals surface area contributed by atoms with Crippen molar-refractivity contribution in [3.05, 3.63) is 34.9 Å². The summed E-state index contributed by atoms with van der Waals surface area (Å²) in [4.78, 5) is 0. The van der Waals surface area contributed by atoms with Crippen molar-refractivity contribution in [1.82, 2.24) is 0 Å². The molecule has 0 heterocycles. The lowest BCUT2D eigenvalue weighted by molar-refractivity contribution is 0.0706. The second kappa shape index (κ2) is 3.80. The lowest BCUT2D eigenvalue weighted by atomic mass is 9.54. The van der Waals surface area contributed by atoms with Crippen LogP contribution in [-0.2, 0) is 0 Å². The van der Waals surface area contributed by atoms with E-state index in [4.69, 9.17) is 17.3 Å². The lowest BCUT2D eigenvalue weighted by Gasteiger charge is -2.53. The molecule has 15 heavy (non-hydrogen) atoms. The SMILES string of the molecule is CCC1(C)C(N)CC1c1cccc(Cl)c1. The number of benzene rings is 1. The minimum atomic E-state index is 0.255. The number of hydrogen-bond donors (Lipinski definition) is 1. The van der Waals surface area contributed by atoms with E-state index in [2.05, 4.69) is 26.0 Å². The predicted molar refractivity (Wildman–Crippen MR) is 65.2 cm³/mol. The van der Waals surface area contributed by atoms with Crippen LogP contribution >= 0.6 is 11.6 Å². The van der Waals surface area contributed by atoms with Gasteiger partial charge in [-0.3, -0.25) is 0 Å². The summed E-state index contributed by atoms with van der Waals surface area (Å²) in [6.45, 7) is 4.50. The van der Waals surface area contributed by atoms with Crippen LogP contribution in [0.2, 0.25) is 5.02 Å². The highest BCUT2D eigenvalue weighted by atomic mass is 35.5. The minimum Gasteiger partial charge on any atom is -0.327 e. The van der Waals surface area contributed by atoms with Crippen LogP contribution in [0, 0.1) is 5.41 Å². The van der Waals surface area contributed by atoms with Gasteiger partial charge in [0.1, 0.15) is 0 Å². The van der Waals surface area contributed by atoms with Crippen LogP contribution in [0.5, 0.6) is 0 Å². The number of nitrogens with two attached hydrogens (primary N) is 1. The molecule has 0 saturated heterocycles. The van der Waals surface area contributed by atoms with Crippen molar-refractivity contribution in [3.8, 4) is 0 Å². The third-order valence-corrected chi connectivity index (χ3v) is 4.38. The molecule has 0 bridgehead atoms. The van der Waals surface area contributed by atoms with Crippen LogP contribution in [0.1, 0.15) is 38.2 Å². The van der Waals surface area contributed by atoms with E-state index in [1.165, 1.54) is 5.56 Å². The maximum absolute atomic E-state index is 6.10. The van der Waals surface area contributed by atoms with Crippen LogP contribution in [0.4, 0.5) is 0 Å². The Morgan fingerprint density at radius 2 is 2.27 bits per heavy atom. The Labute approximate surface area is 96.6 Å². The van der Waals surface area contributed by atoms with E-state index in [1.807, 2.05) is 12.1 Å². The predicted octanol–water partition coefficient (Wildman–Crippen LogP) is 3.57. The molecule has 2 heteroatoms. The van der Waals surface area contributed by atoms with Crippen LogP contribution in [0.15, 0.2) is 24.3 Å². The molecule has 0 radical (unpaired) electrons. The van der Waals surface area contributed by atoms with Gasteiger partial charge in [-0.2, -0.15) is 0 Å². The summed E-state index contributed by atoms with van der Waals surface area (Å²) in [7, 11) is 0. The Bertz CT molecular complexity index is 363. The third-order valence-electron chi connectivity index (χ3n) is 4.15. The molecule has 1 aliphatic rings. The van der Waals surface area contributed by atoms with Gasteiger partial charge in [-0.25, -0.2) is 0 Å². The molecule has 1 aliphatic carbocycles. The van der Waals surface area contributed by atoms with Crippen molar-refractivity contribution >= 4 is 11.6 Å². The average Bonchev–Trinajstić information content (AvgIpc) is 2.24. The van der Waals surface area contributed by atoms with Gasteiger partial charge in [0.05, 0.1) is 0 Å². The van der Waals surface area contributed by atoms with Crippen molar-refractivity contribution in [3.63, 3.8) is 0 Å². The van der Waals surface area contributed by atoms with Gasteiger partial charge < -0.3 is 5.73 Å². The van der Waals surface area contributed by atoms with E-state index < -0.39 is 0 Å². The normalized spacial score (nSPS) is 34.9. The standard InChI is InChI=1S/C13H18ClN/c1-3-13(2)11(8-12(13)15)9-5-4-6-10(14)7-9/h4-7,11-12H,3,8,15H2,1-2H3. The van der Waals surface area contributed by atoms with Gasteiger partial charge in [-0.15, -0.1) is 0 Å². The number of rotatable bonds is 2. The number of halogens is 1. The first kappa shape index (κ1) is 11.0. The first-order chi connectivity index (χ1) is 7.08. The fourth-order valence-corrected chi connectivity index (χ4v) is 2.84. The van der Waals surface area contributed by atoms with Crippen molar-refractivity contribution in [2.75, 3.05) is 0 Å². The maximum Gasteiger partial charge on any atom is 0.0408 e. The monoisotopic (exact) mass is 223 g/mol. The summed E-state index contributed by atoms with van der Waals surface area (Å²) in [5.41, 5.74) is 7.70. The highest BCUT2D eigenvalue weighted by Gasteiger charge is 2.48. The molecule has 2 rings (SSSR count). The summed E-state index contributed by atoms with van der Waals surface area (Å²) in [6.07, 6.45) is 2.22. The van der Waals surface area contributed by atoms with Gasteiger partial charge in [0.2, 0.25) is 0 Å². The fraction of sp³-hybridized carbons (Fsp3) is 0.538. The van der Waals surface area contributed by atoms with E-state index in [0.717, 1.165) is 17.9 Å². The Morgan fingerprint density at radius 1 is 1.53 bits per heavy atom. The highest BCUT2D eigenvalue weighted by molar-refractivity contribution is 6.30. The number of hydrogen-bond acceptors (Lipinski definition) is 1. The van der Waals surface area contributed by atoms with Gasteiger partial charge in [0.25, 0.3) is 0 Å². The molecule has 1 aromatic carbocycles. The molecule has 1 nitrogen and oxygen atoms in total. The fourth-order valence-electron chi connectivity index (χ4n) is 2.64. The first-order valence-corrected chi connectivity index (χ1v) is 5.96. The van der Waals surface area contributed by atoms with Gasteiger partial charge in [-0.05, 0) is 41.9 Å². The second-order valence-corrected chi connectivity index (χ2v) is 5.25. The second-order valence-electron chi connectivity index (χ2n) is 4.81. The Balaban J connectivity index is 2.26. The molecule has 1 fully saturated rings. The largest absolute Gasteiger partial charge is 0.327 e. The molecule has 0 spiro atoms. The molecule has 1 aromatic rings. The topological polar surface area (TPSA) is 26.0 Å². The molecule has 3 unspecified atom stereocenters. The molecule has 0 amide bonds. The Hall–Kier alpha value is -0.530. The maximum atomic E-state index is 6.10. The average molecular weight is 224 g/mol. The third kappa shape index (κ3) is 1.68. The summed E-state index contributed by atoms with van der Waals surface area (Å²) in [5, 5.41) is 0.825. The van der Waals surface area contributed by atoms with Gasteiger partial charge in [0.15, 0.2) is 0 Å². The van der Waals surface area contributed by atoms with E-state index >= 15 is 0 Å². The Kier molecular flexibility index (Phi) is 2.78. The van der Waals surface area contributed by atoms with E-state index in [1.54, 1.807) is 0 Å². The zero-order valence-corrected chi connectivity index (χ0v) is 10.1. The first-order valence-electron chi connectivity index (χ1n) is 5.59. The van der Waals surface area contributed by atoms with E-state index in [0.29, 0.717) is 12.0 Å². The smallest absolute Gasteiger partial charge is 0.0408 e. The van der Waals surface area contributed by atoms with E-state index in [-0.39, 0.29) is 5.41 Å². The Morgan fingerprint density at radius 3 is 2.80 bits per heavy atom. The zero-order chi connectivity index (χ0) is 11.1. The molecule has 0 aromatic heterocycles. The van der Waals surface area contributed by atoms with Crippen LogP contribution < -0.4 is 5.73 Å². The van der Waals surface area contributed by atoms with Crippen molar-refractivity contribution in [1.29, 1.82) is 0 Å². The van der Waals surface area contributed by atoms with Gasteiger partial charge in [-0.1, -0.05) is 37.6 Å².